The first kappa shape index (κ1) is 11.5. The Bertz CT molecular complexity index is 515. The van der Waals surface area contributed by atoms with Crippen molar-refractivity contribution in [3.8, 4) is 5.75 Å². The molecule has 0 aliphatic carbocycles. The zero-order chi connectivity index (χ0) is 12.2. The lowest BCUT2D eigenvalue weighted by Gasteiger charge is -2.12. The van der Waals surface area contributed by atoms with E-state index in [1.807, 2.05) is 24.4 Å². The SMILES string of the molecule is c1cnc2c(OCCC3CCCN3)cccc2c1. The highest BCUT2D eigenvalue weighted by molar-refractivity contribution is 5.84. The molecule has 1 fully saturated rings. The number of nitrogens with one attached hydrogen (secondary N) is 1. The lowest BCUT2D eigenvalue weighted by molar-refractivity contribution is 0.295. The number of nitrogens with zero attached hydrogens (tertiary/aromatic N) is 1. The van der Waals surface area contributed by atoms with Crippen LogP contribution in [-0.2, 0) is 0 Å². The first-order valence-corrected chi connectivity index (χ1v) is 6.63. The van der Waals surface area contributed by atoms with E-state index in [-0.39, 0.29) is 0 Å². The van der Waals surface area contributed by atoms with Gasteiger partial charge in [0.25, 0.3) is 0 Å². The predicted molar refractivity (Wildman–Crippen MR) is 72.9 cm³/mol. The average Bonchev–Trinajstić information content (AvgIpc) is 2.92. The number of para-hydroxylation sites is 1. The van der Waals surface area contributed by atoms with Gasteiger partial charge in [0.1, 0.15) is 11.3 Å². The number of aromatic nitrogens is 1. The van der Waals surface area contributed by atoms with Crippen LogP contribution in [0.4, 0.5) is 0 Å². The molecule has 3 rings (SSSR count). The average molecular weight is 242 g/mol. The summed E-state index contributed by atoms with van der Waals surface area (Å²) >= 11 is 0. The normalized spacial score (nSPS) is 19.2. The van der Waals surface area contributed by atoms with Crippen LogP contribution in [0, 0.1) is 0 Å². The molecule has 1 unspecified atom stereocenters. The molecule has 1 saturated heterocycles. The van der Waals surface area contributed by atoms with Crippen LogP contribution in [0.25, 0.3) is 10.9 Å². The van der Waals surface area contributed by atoms with Crippen LogP contribution in [0.1, 0.15) is 19.3 Å². The van der Waals surface area contributed by atoms with Crippen molar-refractivity contribution >= 4 is 10.9 Å². The van der Waals surface area contributed by atoms with E-state index in [1.165, 1.54) is 12.8 Å². The molecule has 2 aromatic rings. The van der Waals surface area contributed by atoms with E-state index < -0.39 is 0 Å². The second-order valence-electron chi connectivity index (χ2n) is 4.76. The molecule has 1 aromatic carbocycles. The zero-order valence-corrected chi connectivity index (χ0v) is 10.4. The molecular weight excluding hydrogens is 224 g/mol. The van der Waals surface area contributed by atoms with Gasteiger partial charge in [0.15, 0.2) is 0 Å². The van der Waals surface area contributed by atoms with Crippen molar-refractivity contribution in [1.29, 1.82) is 0 Å². The van der Waals surface area contributed by atoms with E-state index in [0.717, 1.165) is 36.2 Å². The zero-order valence-electron chi connectivity index (χ0n) is 10.4. The van der Waals surface area contributed by atoms with Crippen molar-refractivity contribution in [2.75, 3.05) is 13.2 Å². The van der Waals surface area contributed by atoms with Crippen molar-refractivity contribution in [3.05, 3.63) is 36.5 Å². The summed E-state index contributed by atoms with van der Waals surface area (Å²) in [5.74, 6) is 0.895. The maximum Gasteiger partial charge on any atom is 0.145 e. The van der Waals surface area contributed by atoms with Crippen molar-refractivity contribution < 1.29 is 4.74 Å². The molecule has 3 heteroatoms. The number of hydrogen-bond acceptors (Lipinski definition) is 3. The largest absolute Gasteiger partial charge is 0.491 e. The number of hydrogen-bond donors (Lipinski definition) is 1. The molecule has 0 radical (unpaired) electrons. The van der Waals surface area contributed by atoms with Crippen molar-refractivity contribution in [1.82, 2.24) is 10.3 Å². The van der Waals surface area contributed by atoms with E-state index in [1.54, 1.807) is 0 Å². The number of fused-ring (bicyclic) bond motifs is 1. The van der Waals surface area contributed by atoms with Gasteiger partial charge < -0.3 is 10.1 Å². The Kier molecular flexibility index (Phi) is 3.42. The summed E-state index contributed by atoms with van der Waals surface area (Å²) in [5.41, 5.74) is 0.958. The van der Waals surface area contributed by atoms with Crippen LogP contribution in [0.3, 0.4) is 0 Å². The van der Waals surface area contributed by atoms with Gasteiger partial charge in [-0.3, -0.25) is 4.98 Å². The summed E-state index contributed by atoms with van der Waals surface area (Å²) in [7, 11) is 0. The Hall–Kier alpha value is -1.61. The second-order valence-corrected chi connectivity index (χ2v) is 4.76. The number of benzene rings is 1. The smallest absolute Gasteiger partial charge is 0.145 e. The molecule has 0 bridgehead atoms. The summed E-state index contributed by atoms with van der Waals surface area (Å²) in [6.45, 7) is 1.91. The highest BCUT2D eigenvalue weighted by atomic mass is 16.5. The summed E-state index contributed by atoms with van der Waals surface area (Å²) in [6.07, 6.45) is 5.45. The lowest BCUT2D eigenvalue weighted by Crippen LogP contribution is -2.23. The number of ether oxygens (including phenoxy) is 1. The molecule has 1 atom stereocenters. The molecule has 2 heterocycles. The fourth-order valence-electron chi connectivity index (χ4n) is 2.51. The standard InChI is InChI=1S/C15H18N2O/c1-4-12-5-2-10-17-15(12)14(7-1)18-11-8-13-6-3-9-16-13/h1-2,4-5,7,10,13,16H,3,6,8-9,11H2. The third kappa shape index (κ3) is 2.46. The van der Waals surface area contributed by atoms with Gasteiger partial charge in [-0.25, -0.2) is 0 Å². The van der Waals surface area contributed by atoms with Gasteiger partial charge in [0.2, 0.25) is 0 Å². The highest BCUT2D eigenvalue weighted by Crippen LogP contribution is 2.23. The first-order chi connectivity index (χ1) is 8.93. The Balaban J connectivity index is 1.66. The Morgan fingerprint density at radius 3 is 3.11 bits per heavy atom. The Morgan fingerprint density at radius 2 is 2.22 bits per heavy atom. The van der Waals surface area contributed by atoms with Crippen LogP contribution in [0.5, 0.6) is 5.75 Å². The molecule has 18 heavy (non-hydrogen) atoms. The van der Waals surface area contributed by atoms with E-state index in [2.05, 4.69) is 22.4 Å². The topological polar surface area (TPSA) is 34.1 Å². The minimum atomic E-state index is 0.632. The van der Waals surface area contributed by atoms with Gasteiger partial charge in [-0.15, -0.1) is 0 Å². The van der Waals surface area contributed by atoms with Gasteiger partial charge >= 0.3 is 0 Å². The summed E-state index contributed by atoms with van der Waals surface area (Å²) < 4.78 is 5.88. The predicted octanol–water partition coefficient (Wildman–Crippen LogP) is 2.76. The molecule has 3 nitrogen and oxygen atoms in total. The third-order valence-electron chi connectivity index (χ3n) is 3.48. The maximum atomic E-state index is 5.88. The fourth-order valence-corrected chi connectivity index (χ4v) is 2.51. The molecule has 1 aliphatic heterocycles. The summed E-state index contributed by atoms with van der Waals surface area (Å²) in [4.78, 5) is 4.39. The molecule has 0 spiro atoms. The van der Waals surface area contributed by atoms with Crippen LogP contribution >= 0.6 is 0 Å². The number of pyridine rings is 1. The lowest BCUT2D eigenvalue weighted by atomic mass is 10.2. The van der Waals surface area contributed by atoms with E-state index in [9.17, 15) is 0 Å². The Morgan fingerprint density at radius 1 is 1.28 bits per heavy atom. The highest BCUT2D eigenvalue weighted by Gasteiger charge is 2.13. The minimum Gasteiger partial charge on any atom is -0.491 e. The third-order valence-corrected chi connectivity index (χ3v) is 3.48. The monoisotopic (exact) mass is 242 g/mol. The van der Waals surface area contributed by atoms with Crippen molar-refractivity contribution in [2.24, 2.45) is 0 Å². The Labute approximate surface area is 107 Å². The van der Waals surface area contributed by atoms with Crippen molar-refractivity contribution in [3.63, 3.8) is 0 Å². The maximum absolute atomic E-state index is 5.88. The molecule has 0 saturated carbocycles. The van der Waals surface area contributed by atoms with Gasteiger partial charge in [0.05, 0.1) is 6.61 Å². The number of rotatable bonds is 4. The molecular formula is C15H18N2O. The van der Waals surface area contributed by atoms with Crippen LogP contribution in [-0.4, -0.2) is 24.2 Å². The fraction of sp³-hybridized carbons (Fsp3) is 0.400. The molecule has 0 amide bonds. The van der Waals surface area contributed by atoms with Gasteiger partial charge in [0, 0.05) is 17.6 Å². The quantitative estimate of drug-likeness (QED) is 0.895. The van der Waals surface area contributed by atoms with Gasteiger partial charge in [-0.1, -0.05) is 18.2 Å². The molecule has 1 aliphatic rings. The van der Waals surface area contributed by atoms with E-state index in [4.69, 9.17) is 4.74 Å². The van der Waals surface area contributed by atoms with Gasteiger partial charge in [-0.2, -0.15) is 0 Å². The van der Waals surface area contributed by atoms with Crippen LogP contribution < -0.4 is 10.1 Å². The minimum absolute atomic E-state index is 0.632. The first-order valence-electron chi connectivity index (χ1n) is 6.63. The van der Waals surface area contributed by atoms with Crippen molar-refractivity contribution in [2.45, 2.75) is 25.3 Å². The summed E-state index contributed by atoms with van der Waals surface area (Å²) in [6, 6.07) is 10.7. The van der Waals surface area contributed by atoms with E-state index in [0.29, 0.717) is 6.04 Å². The molecule has 1 N–H and O–H groups in total. The summed E-state index contributed by atoms with van der Waals surface area (Å²) in [5, 5.41) is 4.62. The van der Waals surface area contributed by atoms with Gasteiger partial charge in [-0.05, 0) is 37.9 Å². The van der Waals surface area contributed by atoms with E-state index >= 15 is 0 Å². The molecule has 94 valence electrons. The van der Waals surface area contributed by atoms with Crippen LogP contribution in [0.2, 0.25) is 0 Å². The van der Waals surface area contributed by atoms with Crippen LogP contribution in [0.15, 0.2) is 36.5 Å². The molecule has 1 aromatic heterocycles. The second kappa shape index (κ2) is 5.36.